The molecule has 0 radical (unpaired) electrons. The Morgan fingerprint density at radius 1 is 0.962 bits per heavy atom. The van der Waals surface area contributed by atoms with Crippen LogP contribution in [0.3, 0.4) is 0 Å². The lowest BCUT2D eigenvalue weighted by Crippen LogP contribution is -2.51. The first kappa shape index (κ1) is 18.1. The molecule has 136 valence electrons. The van der Waals surface area contributed by atoms with Gasteiger partial charge in [0.1, 0.15) is 5.82 Å². The Morgan fingerprint density at radius 3 is 2.31 bits per heavy atom. The molecule has 1 aliphatic heterocycles. The lowest BCUT2D eigenvalue weighted by Gasteiger charge is -2.35. The Labute approximate surface area is 153 Å². The topological polar surface area (TPSA) is 40.6 Å². The Hall–Kier alpha value is -2.69. The van der Waals surface area contributed by atoms with Crippen LogP contribution in [0.15, 0.2) is 42.5 Å². The van der Waals surface area contributed by atoms with Crippen LogP contribution in [0, 0.1) is 19.7 Å². The SMILES string of the molecule is Cc1cccc(CC(=O)N2CCN(C(=O)c3ccc(F)c(C)c3)CC2)c1. The maximum atomic E-state index is 13.4. The number of hydrogen-bond donors (Lipinski definition) is 0. The number of nitrogens with zero attached hydrogens (tertiary/aromatic N) is 2. The second-order valence-corrected chi connectivity index (χ2v) is 6.80. The van der Waals surface area contributed by atoms with E-state index in [1.54, 1.807) is 17.9 Å². The summed E-state index contributed by atoms with van der Waals surface area (Å²) in [6, 6.07) is 12.4. The van der Waals surface area contributed by atoms with Gasteiger partial charge in [-0.1, -0.05) is 29.8 Å². The predicted molar refractivity (Wildman–Crippen MR) is 98.5 cm³/mol. The number of aryl methyl sites for hydroxylation is 2. The molecule has 0 saturated carbocycles. The van der Waals surface area contributed by atoms with Crippen molar-refractivity contribution in [2.24, 2.45) is 0 Å². The van der Waals surface area contributed by atoms with Crippen LogP contribution >= 0.6 is 0 Å². The number of piperazine rings is 1. The molecule has 0 N–H and O–H groups in total. The highest BCUT2D eigenvalue weighted by molar-refractivity contribution is 5.94. The third-order valence-corrected chi connectivity index (χ3v) is 4.76. The number of carbonyl (C=O) groups is 2. The van der Waals surface area contributed by atoms with Gasteiger partial charge < -0.3 is 9.80 Å². The molecule has 1 saturated heterocycles. The van der Waals surface area contributed by atoms with Gasteiger partial charge in [-0.3, -0.25) is 9.59 Å². The first-order valence-corrected chi connectivity index (χ1v) is 8.83. The van der Waals surface area contributed by atoms with Crippen LogP contribution in [-0.4, -0.2) is 47.8 Å². The molecule has 3 rings (SSSR count). The summed E-state index contributed by atoms with van der Waals surface area (Å²) in [5.74, 6) is -0.340. The van der Waals surface area contributed by atoms with Crippen LogP contribution in [0.2, 0.25) is 0 Å². The minimum Gasteiger partial charge on any atom is -0.339 e. The van der Waals surface area contributed by atoms with Gasteiger partial charge in [0.05, 0.1) is 6.42 Å². The number of hydrogen-bond acceptors (Lipinski definition) is 2. The molecule has 0 aliphatic carbocycles. The fourth-order valence-electron chi connectivity index (χ4n) is 3.23. The van der Waals surface area contributed by atoms with Crippen molar-refractivity contribution in [1.82, 2.24) is 9.80 Å². The highest BCUT2D eigenvalue weighted by atomic mass is 19.1. The van der Waals surface area contributed by atoms with Gasteiger partial charge in [-0.2, -0.15) is 0 Å². The summed E-state index contributed by atoms with van der Waals surface area (Å²) in [5.41, 5.74) is 3.10. The first-order valence-electron chi connectivity index (χ1n) is 8.83. The fourth-order valence-corrected chi connectivity index (χ4v) is 3.23. The molecule has 5 heteroatoms. The Morgan fingerprint density at radius 2 is 1.65 bits per heavy atom. The van der Waals surface area contributed by atoms with E-state index < -0.39 is 0 Å². The van der Waals surface area contributed by atoms with E-state index in [1.165, 1.54) is 12.1 Å². The quantitative estimate of drug-likeness (QED) is 0.850. The molecule has 2 aromatic rings. The van der Waals surface area contributed by atoms with Gasteiger partial charge in [-0.05, 0) is 43.2 Å². The predicted octanol–water partition coefficient (Wildman–Crippen LogP) is 2.97. The summed E-state index contributed by atoms with van der Waals surface area (Å²) >= 11 is 0. The average molecular weight is 354 g/mol. The summed E-state index contributed by atoms with van der Waals surface area (Å²) < 4.78 is 13.4. The molecular weight excluding hydrogens is 331 g/mol. The molecule has 4 nitrogen and oxygen atoms in total. The molecule has 0 bridgehead atoms. The highest BCUT2D eigenvalue weighted by Gasteiger charge is 2.25. The molecule has 1 aliphatic rings. The normalized spacial score (nSPS) is 14.4. The van der Waals surface area contributed by atoms with Gasteiger partial charge in [-0.25, -0.2) is 4.39 Å². The van der Waals surface area contributed by atoms with Crippen LogP contribution in [0.5, 0.6) is 0 Å². The van der Waals surface area contributed by atoms with E-state index in [0.29, 0.717) is 43.7 Å². The Balaban J connectivity index is 1.57. The zero-order valence-corrected chi connectivity index (χ0v) is 15.2. The summed E-state index contributed by atoms with van der Waals surface area (Å²) in [4.78, 5) is 28.6. The van der Waals surface area contributed by atoms with Crippen molar-refractivity contribution in [3.8, 4) is 0 Å². The fraction of sp³-hybridized carbons (Fsp3) is 0.333. The largest absolute Gasteiger partial charge is 0.339 e. The summed E-state index contributed by atoms with van der Waals surface area (Å²) in [5, 5.41) is 0. The smallest absolute Gasteiger partial charge is 0.253 e. The first-order chi connectivity index (χ1) is 12.4. The second-order valence-electron chi connectivity index (χ2n) is 6.80. The molecule has 1 fully saturated rings. The van der Waals surface area contributed by atoms with E-state index in [-0.39, 0.29) is 17.6 Å². The molecular formula is C21H23FN2O2. The molecule has 0 atom stereocenters. The van der Waals surface area contributed by atoms with Gasteiger partial charge in [0.25, 0.3) is 5.91 Å². The maximum Gasteiger partial charge on any atom is 0.253 e. The summed E-state index contributed by atoms with van der Waals surface area (Å²) in [6.07, 6.45) is 0.382. The monoisotopic (exact) mass is 354 g/mol. The van der Waals surface area contributed by atoms with E-state index in [0.717, 1.165) is 11.1 Å². The lowest BCUT2D eigenvalue weighted by atomic mass is 10.1. The van der Waals surface area contributed by atoms with Gasteiger partial charge in [0, 0.05) is 31.7 Å². The maximum absolute atomic E-state index is 13.4. The number of rotatable bonds is 3. The lowest BCUT2D eigenvalue weighted by molar-refractivity contribution is -0.131. The molecule has 2 aromatic carbocycles. The van der Waals surface area contributed by atoms with Crippen molar-refractivity contribution in [1.29, 1.82) is 0 Å². The Kier molecular flexibility index (Phi) is 5.35. The minimum atomic E-state index is -0.312. The zero-order valence-electron chi connectivity index (χ0n) is 15.2. The van der Waals surface area contributed by atoms with Crippen LogP contribution in [-0.2, 0) is 11.2 Å². The number of amides is 2. The van der Waals surface area contributed by atoms with E-state index in [9.17, 15) is 14.0 Å². The third-order valence-electron chi connectivity index (χ3n) is 4.76. The van der Waals surface area contributed by atoms with Gasteiger partial charge in [-0.15, -0.1) is 0 Å². The van der Waals surface area contributed by atoms with Gasteiger partial charge >= 0.3 is 0 Å². The van der Waals surface area contributed by atoms with Crippen LogP contribution < -0.4 is 0 Å². The molecule has 0 aromatic heterocycles. The van der Waals surface area contributed by atoms with Gasteiger partial charge in [0.15, 0.2) is 0 Å². The van der Waals surface area contributed by atoms with Crippen molar-refractivity contribution in [2.75, 3.05) is 26.2 Å². The summed E-state index contributed by atoms with van der Waals surface area (Å²) in [7, 11) is 0. The number of carbonyl (C=O) groups excluding carboxylic acids is 2. The molecule has 1 heterocycles. The van der Waals surface area contributed by atoms with Crippen molar-refractivity contribution in [3.05, 3.63) is 70.5 Å². The zero-order chi connectivity index (χ0) is 18.7. The standard InChI is InChI=1S/C21H23FN2O2/c1-15-4-3-5-17(12-15)14-20(25)23-8-10-24(11-9-23)21(26)18-6-7-19(22)16(2)13-18/h3-7,12-13H,8-11,14H2,1-2H3. The molecule has 2 amide bonds. The van der Waals surface area contributed by atoms with E-state index >= 15 is 0 Å². The number of benzene rings is 2. The average Bonchev–Trinajstić information content (AvgIpc) is 2.63. The minimum absolute atomic E-state index is 0.0836. The molecule has 0 unspecified atom stereocenters. The van der Waals surface area contributed by atoms with Crippen molar-refractivity contribution < 1.29 is 14.0 Å². The molecule has 0 spiro atoms. The summed E-state index contributed by atoms with van der Waals surface area (Å²) in [6.45, 7) is 5.69. The van der Waals surface area contributed by atoms with Crippen molar-refractivity contribution in [3.63, 3.8) is 0 Å². The third kappa shape index (κ3) is 4.10. The van der Waals surface area contributed by atoms with Crippen molar-refractivity contribution >= 4 is 11.8 Å². The second kappa shape index (κ2) is 7.68. The van der Waals surface area contributed by atoms with E-state index in [1.807, 2.05) is 36.1 Å². The van der Waals surface area contributed by atoms with Gasteiger partial charge in [0.2, 0.25) is 5.91 Å². The van der Waals surface area contributed by atoms with E-state index in [2.05, 4.69) is 0 Å². The van der Waals surface area contributed by atoms with Crippen LogP contribution in [0.4, 0.5) is 4.39 Å². The number of halogens is 1. The van der Waals surface area contributed by atoms with Crippen LogP contribution in [0.25, 0.3) is 0 Å². The Bertz CT molecular complexity index is 827. The van der Waals surface area contributed by atoms with E-state index in [4.69, 9.17) is 0 Å². The molecule has 26 heavy (non-hydrogen) atoms. The van der Waals surface area contributed by atoms with Crippen LogP contribution in [0.1, 0.15) is 27.0 Å². The van der Waals surface area contributed by atoms with Crippen molar-refractivity contribution in [2.45, 2.75) is 20.3 Å². The highest BCUT2D eigenvalue weighted by Crippen LogP contribution is 2.14.